The molecule has 2 aliphatic carbocycles. The van der Waals surface area contributed by atoms with Crippen molar-refractivity contribution in [2.75, 3.05) is 0 Å². The third-order valence-electron chi connectivity index (χ3n) is 3.97. The first-order valence-corrected chi connectivity index (χ1v) is 6.30. The van der Waals surface area contributed by atoms with Crippen LogP contribution >= 0.6 is 0 Å². The van der Waals surface area contributed by atoms with E-state index in [1.54, 1.807) is 6.33 Å². The molecule has 0 aliphatic heterocycles. The quantitative estimate of drug-likeness (QED) is 0.757. The monoisotopic (exact) mass is 242 g/mol. The van der Waals surface area contributed by atoms with Crippen LogP contribution in [0, 0.1) is 11.8 Å². The minimum Gasteiger partial charge on any atom is -0.340 e. The predicted octanol–water partition coefficient (Wildman–Crippen LogP) is 2.15. The maximum absolute atomic E-state index is 5.42. The molecular formula is C13H14N4O. The van der Waals surface area contributed by atoms with Crippen molar-refractivity contribution in [1.29, 1.82) is 0 Å². The van der Waals surface area contributed by atoms with Gasteiger partial charge in [-0.3, -0.25) is 0 Å². The first-order valence-electron chi connectivity index (χ1n) is 6.30. The Morgan fingerprint density at radius 3 is 2.94 bits per heavy atom. The normalized spacial score (nSPS) is 29.3. The van der Waals surface area contributed by atoms with Crippen molar-refractivity contribution >= 4 is 0 Å². The molecule has 1 fully saturated rings. The van der Waals surface area contributed by atoms with Gasteiger partial charge in [-0.15, -0.1) is 0 Å². The molecular weight excluding hydrogens is 228 g/mol. The molecule has 0 spiro atoms. The molecule has 0 amide bonds. The Bertz CT molecular complexity index is 612. The Morgan fingerprint density at radius 1 is 1.33 bits per heavy atom. The minimum atomic E-state index is 0.407. The molecule has 0 radical (unpaired) electrons. The molecule has 0 N–H and O–H groups in total. The molecule has 3 atom stereocenters. The summed E-state index contributed by atoms with van der Waals surface area (Å²) in [7, 11) is 1.93. The van der Waals surface area contributed by atoms with Gasteiger partial charge in [0.2, 0.25) is 11.7 Å². The molecule has 4 rings (SSSR count). The number of nitrogens with zero attached hydrogens (tertiary/aromatic N) is 4. The van der Waals surface area contributed by atoms with E-state index in [1.165, 1.54) is 6.42 Å². The molecule has 0 saturated heterocycles. The van der Waals surface area contributed by atoms with E-state index in [1.807, 2.05) is 17.8 Å². The van der Waals surface area contributed by atoms with E-state index in [0.717, 1.165) is 18.0 Å². The fourth-order valence-corrected chi connectivity index (χ4v) is 3.08. The molecule has 18 heavy (non-hydrogen) atoms. The lowest BCUT2D eigenvalue weighted by atomic mass is 9.94. The average molecular weight is 242 g/mol. The number of imidazole rings is 1. The van der Waals surface area contributed by atoms with E-state index < -0.39 is 0 Å². The Labute approximate surface area is 105 Å². The lowest BCUT2D eigenvalue weighted by Gasteiger charge is -2.12. The zero-order chi connectivity index (χ0) is 12.1. The summed E-state index contributed by atoms with van der Waals surface area (Å²) in [6.07, 6.45) is 10.6. The van der Waals surface area contributed by atoms with Gasteiger partial charge in [-0.2, -0.15) is 4.98 Å². The van der Waals surface area contributed by atoms with Crippen molar-refractivity contribution in [1.82, 2.24) is 19.7 Å². The number of aryl methyl sites for hydroxylation is 1. The summed E-state index contributed by atoms with van der Waals surface area (Å²) in [6.45, 7) is 0. The first-order chi connectivity index (χ1) is 8.79. The lowest BCUT2D eigenvalue weighted by Crippen LogP contribution is -2.05. The molecule has 92 valence electrons. The molecule has 5 heteroatoms. The van der Waals surface area contributed by atoms with Crippen molar-refractivity contribution in [3.8, 4) is 11.5 Å². The van der Waals surface area contributed by atoms with Gasteiger partial charge in [0.05, 0.1) is 6.33 Å². The van der Waals surface area contributed by atoms with Crippen LogP contribution < -0.4 is 0 Å². The summed E-state index contributed by atoms with van der Waals surface area (Å²) < 4.78 is 7.30. The maximum Gasteiger partial charge on any atom is 0.230 e. The molecule has 2 bridgehead atoms. The number of allylic oxidation sites excluding steroid dienone is 2. The van der Waals surface area contributed by atoms with Gasteiger partial charge in [0.1, 0.15) is 5.69 Å². The van der Waals surface area contributed by atoms with Gasteiger partial charge in [0, 0.05) is 19.2 Å². The zero-order valence-electron chi connectivity index (χ0n) is 10.2. The smallest absolute Gasteiger partial charge is 0.230 e. The van der Waals surface area contributed by atoms with E-state index in [4.69, 9.17) is 4.52 Å². The van der Waals surface area contributed by atoms with Crippen LogP contribution in [0.2, 0.25) is 0 Å². The van der Waals surface area contributed by atoms with Gasteiger partial charge in [0.15, 0.2) is 0 Å². The van der Waals surface area contributed by atoms with Gasteiger partial charge in [0.25, 0.3) is 0 Å². The number of fused-ring (bicyclic) bond motifs is 2. The Kier molecular flexibility index (Phi) is 1.98. The summed E-state index contributed by atoms with van der Waals surface area (Å²) in [5, 5.41) is 4.04. The fourth-order valence-electron chi connectivity index (χ4n) is 3.08. The van der Waals surface area contributed by atoms with Gasteiger partial charge in [-0.25, -0.2) is 4.98 Å². The third kappa shape index (κ3) is 1.43. The second kappa shape index (κ2) is 3.54. The van der Waals surface area contributed by atoms with Gasteiger partial charge in [-0.1, -0.05) is 17.3 Å². The number of rotatable bonds is 2. The Morgan fingerprint density at radius 2 is 2.28 bits per heavy atom. The summed E-state index contributed by atoms with van der Waals surface area (Å²) in [4.78, 5) is 8.74. The van der Waals surface area contributed by atoms with Crippen molar-refractivity contribution in [2.45, 2.75) is 18.8 Å². The summed E-state index contributed by atoms with van der Waals surface area (Å²) in [5.74, 6) is 3.08. The number of hydrogen-bond acceptors (Lipinski definition) is 4. The van der Waals surface area contributed by atoms with Crippen LogP contribution in [-0.2, 0) is 7.05 Å². The highest BCUT2D eigenvalue weighted by Crippen LogP contribution is 2.48. The summed E-state index contributed by atoms with van der Waals surface area (Å²) in [5.41, 5.74) is 0.770. The molecule has 5 nitrogen and oxygen atoms in total. The van der Waals surface area contributed by atoms with Gasteiger partial charge in [-0.05, 0) is 24.7 Å². The third-order valence-corrected chi connectivity index (χ3v) is 3.97. The summed E-state index contributed by atoms with van der Waals surface area (Å²) in [6, 6.07) is 0. The average Bonchev–Trinajstić information content (AvgIpc) is 3.12. The summed E-state index contributed by atoms with van der Waals surface area (Å²) >= 11 is 0. The zero-order valence-corrected chi connectivity index (χ0v) is 10.2. The van der Waals surface area contributed by atoms with Crippen molar-refractivity contribution in [3.63, 3.8) is 0 Å². The number of aromatic nitrogens is 4. The maximum atomic E-state index is 5.42. The highest BCUT2D eigenvalue weighted by Gasteiger charge is 2.39. The SMILES string of the molecule is Cn1cnc(-c2noc(C3C[C@@H]4C=C[C@H]3C4)n2)c1. The largest absolute Gasteiger partial charge is 0.340 e. The van der Waals surface area contributed by atoms with E-state index in [0.29, 0.717) is 23.6 Å². The molecule has 2 aromatic heterocycles. The molecule has 2 aromatic rings. The lowest BCUT2D eigenvalue weighted by molar-refractivity contribution is 0.337. The van der Waals surface area contributed by atoms with Crippen LogP contribution in [-0.4, -0.2) is 19.7 Å². The van der Waals surface area contributed by atoms with Gasteiger partial charge < -0.3 is 9.09 Å². The van der Waals surface area contributed by atoms with E-state index in [-0.39, 0.29) is 0 Å². The van der Waals surface area contributed by atoms with Crippen LogP contribution in [0.25, 0.3) is 11.5 Å². The predicted molar refractivity (Wildman–Crippen MR) is 64.6 cm³/mol. The molecule has 1 saturated carbocycles. The standard InChI is InChI=1S/C13H14N4O/c1-17-6-11(14-7-17)12-15-13(18-16-12)10-5-8-2-3-9(10)4-8/h2-3,6-10H,4-5H2,1H3/t8-,9+,10?/m1/s1. The van der Waals surface area contributed by atoms with E-state index in [9.17, 15) is 0 Å². The van der Waals surface area contributed by atoms with Crippen molar-refractivity contribution in [3.05, 3.63) is 30.6 Å². The number of hydrogen-bond donors (Lipinski definition) is 0. The second-order valence-electron chi connectivity index (χ2n) is 5.27. The Hall–Kier alpha value is -1.91. The van der Waals surface area contributed by atoms with E-state index >= 15 is 0 Å². The van der Waals surface area contributed by atoms with Crippen LogP contribution in [0.15, 0.2) is 29.2 Å². The van der Waals surface area contributed by atoms with E-state index in [2.05, 4.69) is 27.3 Å². The van der Waals surface area contributed by atoms with Crippen LogP contribution in [0.5, 0.6) is 0 Å². The topological polar surface area (TPSA) is 56.7 Å². The van der Waals surface area contributed by atoms with Crippen LogP contribution in [0.3, 0.4) is 0 Å². The fraction of sp³-hybridized carbons (Fsp3) is 0.462. The molecule has 2 aliphatic rings. The van der Waals surface area contributed by atoms with Crippen molar-refractivity contribution < 1.29 is 4.52 Å². The van der Waals surface area contributed by atoms with Gasteiger partial charge >= 0.3 is 0 Å². The first kappa shape index (κ1) is 10.1. The highest BCUT2D eigenvalue weighted by atomic mass is 16.5. The van der Waals surface area contributed by atoms with Crippen LogP contribution in [0.1, 0.15) is 24.7 Å². The molecule has 0 aromatic carbocycles. The molecule has 2 heterocycles. The highest BCUT2D eigenvalue weighted by molar-refractivity contribution is 5.46. The van der Waals surface area contributed by atoms with Crippen molar-refractivity contribution in [2.24, 2.45) is 18.9 Å². The molecule has 1 unspecified atom stereocenters. The second-order valence-corrected chi connectivity index (χ2v) is 5.27. The minimum absolute atomic E-state index is 0.407. The van der Waals surface area contributed by atoms with Crippen LogP contribution in [0.4, 0.5) is 0 Å². The Balaban J connectivity index is 1.64.